The van der Waals surface area contributed by atoms with Gasteiger partial charge in [-0.25, -0.2) is 4.79 Å². The van der Waals surface area contributed by atoms with Crippen molar-refractivity contribution in [2.45, 2.75) is 6.54 Å². The smallest absolute Gasteiger partial charge is 0.296 e. The zero-order valence-electron chi connectivity index (χ0n) is 11.7. The van der Waals surface area contributed by atoms with Crippen molar-refractivity contribution in [3.8, 4) is 0 Å². The summed E-state index contributed by atoms with van der Waals surface area (Å²) in [6, 6.07) is 12.4. The third-order valence-electron chi connectivity index (χ3n) is 3.56. The molecule has 1 aromatic heterocycles. The summed E-state index contributed by atoms with van der Waals surface area (Å²) in [6.07, 6.45) is 0. The van der Waals surface area contributed by atoms with E-state index in [0.717, 1.165) is 5.56 Å². The van der Waals surface area contributed by atoms with Gasteiger partial charge in [-0.1, -0.05) is 53.5 Å². The molecule has 0 spiro atoms. The molecule has 0 saturated carbocycles. The zero-order valence-corrected chi connectivity index (χ0v) is 13.2. The van der Waals surface area contributed by atoms with Crippen molar-refractivity contribution in [2.75, 3.05) is 0 Å². The predicted octanol–water partition coefficient (Wildman–Crippen LogP) is 3.06. The molecule has 0 aliphatic rings. The van der Waals surface area contributed by atoms with E-state index < -0.39 is 11.2 Å². The van der Waals surface area contributed by atoms with Crippen LogP contribution >= 0.6 is 23.2 Å². The van der Waals surface area contributed by atoms with Crippen molar-refractivity contribution >= 4 is 34.1 Å². The first-order chi connectivity index (χ1) is 10.5. The minimum absolute atomic E-state index is 0.196. The van der Waals surface area contributed by atoms with E-state index in [4.69, 9.17) is 23.2 Å². The first-order valence-corrected chi connectivity index (χ1v) is 7.37. The molecule has 0 atom stereocenters. The molecule has 0 fully saturated rings. The monoisotopic (exact) mass is 334 g/mol. The van der Waals surface area contributed by atoms with E-state index in [-0.39, 0.29) is 11.6 Å². The summed E-state index contributed by atoms with van der Waals surface area (Å²) in [5.41, 5.74) is 0.478. The van der Waals surface area contributed by atoms with E-state index >= 15 is 0 Å². The summed E-state index contributed by atoms with van der Waals surface area (Å²) in [6.45, 7) is 0.196. The van der Waals surface area contributed by atoms with Gasteiger partial charge in [0, 0.05) is 12.1 Å². The predicted molar refractivity (Wildman–Crippen MR) is 89.0 cm³/mol. The van der Waals surface area contributed by atoms with Gasteiger partial charge in [-0.05, 0) is 17.7 Å². The summed E-state index contributed by atoms with van der Waals surface area (Å²) in [4.78, 5) is 25.1. The molecule has 0 bridgehead atoms. The van der Waals surface area contributed by atoms with E-state index in [1.807, 2.05) is 30.3 Å². The Kier molecular flexibility index (Phi) is 3.81. The Bertz CT molecular complexity index is 975. The van der Waals surface area contributed by atoms with Crippen molar-refractivity contribution in [3.63, 3.8) is 0 Å². The Balaban J connectivity index is 2.33. The molecule has 6 heteroatoms. The Hall–Kier alpha value is -2.04. The van der Waals surface area contributed by atoms with Gasteiger partial charge in [0.15, 0.2) is 0 Å². The number of hydrogen-bond acceptors (Lipinski definition) is 2. The Morgan fingerprint density at radius 3 is 2.41 bits per heavy atom. The lowest BCUT2D eigenvalue weighted by Gasteiger charge is -2.12. The molecular formula is C16H12Cl2N2O2. The maximum Gasteiger partial charge on any atom is 0.331 e. The standard InChI is InChI=1S/C16H12Cl2N2O2/c1-19-13-8-11(17)7-12(18)14(13)15(21)20(16(19)22)9-10-5-3-2-4-6-10/h2-8H,9H2,1H3. The van der Waals surface area contributed by atoms with Crippen molar-refractivity contribution in [1.29, 1.82) is 0 Å². The second-order valence-corrected chi connectivity index (χ2v) is 5.84. The molecule has 0 radical (unpaired) electrons. The van der Waals surface area contributed by atoms with Crippen LogP contribution in [-0.4, -0.2) is 9.13 Å². The highest BCUT2D eigenvalue weighted by molar-refractivity contribution is 6.38. The van der Waals surface area contributed by atoms with Crippen molar-refractivity contribution in [3.05, 3.63) is 78.9 Å². The van der Waals surface area contributed by atoms with Crippen molar-refractivity contribution < 1.29 is 0 Å². The zero-order chi connectivity index (χ0) is 15.9. The van der Waals surface area contributed by atoms with Crippen LogP contribution in [0.4, 0.5) is 0 Å². The fourth-order valence-corrected chi connectivity index (χ4v) is 3.01. The molecule has 4 nitrogen and oxygen atoms in total. The quantitative estimate of drug-likeness (QED) is 0.722. The van der Waals surface area contributed by atoms with Crippen LogP contribution in [0, 0.1) is 0 Å². The van der Waals surface area contributed by atoms with Gasteiger partial charge < -0.3 is 0 Å². The summed E-state index contributed by atoms with van der Waals surface area (Å²) in [5, 5.41) is 0.918. The van der Waals surface area contributed by atoms with Crippen LogP contribution < -0.4 is 11.2 Å². The molecule has 112 valence electrons. The lowest BCUT2D eigenvalue weighted by atomic mass is 10.2. The number of benzene rings is 2. The molecule has 3 rings (SSSR count). The van der Waals surface area contributed by atoms with Crippen LogP contribution in [0.2, 0.25) is 10.0 Å². The molecule has 3 aromatic rings. The molecule has 0 saturated heterocycles. The molecule has 1 heterocycles. The number of rotatable bonds is 2. The van der Waals surface area contributed by atoms with Crippen molar-refractivity contribution in [2.24, 2.45) is 7.05 Å². The van der Waals surface area contributed by atoms with E-state index in [0.29, 0.717) is 15.9 Å². The molecule has 0 unspecified atom stereocenters. The molecule has 2 aromatic carbocycles. The van der Waals surface area contributed by atoms with Gasteiger partial charge in [-0.15, -0.1) is 0 Å². The molecule has 0 aliphatic carbocycles. The van der Waals surface area contributed by atoms with E-state index in [9.17, 15) is 9.59 Å². The Morgan fingerprint density at radius 2 is 1.73 bits per heavy atom. The maximum atomic E-state index is 12.7. The van der Waals surface area contributed by atoms with Crippen LogP contribution in [-0.2, 0) is 13.6 Å². The SMILES string of the molecule is Cn1c(=O)n(Cc2ccccc2)c(=O)c2c(Cl)cc(Cl)cc21. The molecule has 0 N–H and O–H groups in total. The van der Waals surface area contributed by atoms with Gasteiger partial charge in [-0.2, -0.15) is 0 Å². The lowest BCUT2D eigenvalue weighted by Crippen LogP contribution is -2.39. The highest BCUT2D eigenvalue weighted by Gasteiger charge is 2.14. The van der Waals surface area contributed by atoms with Crippen LogP contribution in [0.3, 0.4) is 0 Å². The maximum absolute atomic E-state index is 12.7. The summed E-state index contributed by atoms with van der Waals surface area (Å²) < 4.78 is 2.56. The van der Waals surface area contributed by atoms with Gasteiger partial charge >= 0.3 is 5.69 Å². The normalized spacial score (nSPS) is 11.0. The molecule has 22 heavy (non-hydrogen) atoms. The summed E-state index contributed by atoms with van der Waals surface area (Å²) in [7, 11) is 1.60. The first kappa shape index (κ1) is 14.9. The average molecular weight is 335 g/mol. The molecular weight excluding hydrogens is 323 g/mol. The highest BCUT2D eigenvalue weighted by atomic mass is 35.5. The molecule has 0 amide bonds. The number of aryl methyl sites for hydroxylation is 1. The fraction of sp³-hybridized carbons (Fsp3) is 0.125. The largest absolute Gasteiger partial charge is 0.331 e. The number of fused-ring (bicyclic) bond motifs is 1. The van der Waals surface area contributed by atoms with Gasteiger partial charge in [0.25, 0.3) is 5.56 Å². The topological polar surface area (TPSA) is 44.0 Å². The van der Waals surface area contributed by atoms with E-state index in [1.165, 1.54) is 15.2 Å². The highest BCUT2D eigenvalue weighted by Crippen LogP contribution is 2.24. The van der Waals surface area contributed by atoms with Crippen molar-refractivity contribution in [1.82, 2.24) is 9.13 Å². The minimum atomic E-state index is -0.413. The second-order valence-electron chi connectivity index (χ2n) is 5.00. The van der Waals surface area contributed by atoms with Gasteiger partial charge in [-0.3, -0.25) is 13.9 Å². The Morgan fingerprint density at radius 1 is 1.05 bits per heavy atom. The number of hydrogen-bond donors (Lipinski definition) is 0. The number of aromatic nitrogens is 2. The third kappa shape index (κ3) is 2.45. The average Bonchev–Trinajstić information content (AvgIpc) is 2.49. The first-order valence-electron chi connectivity index (χ1n) is 6.61. The van der Waals surface area contributed by atoms with Crippen LogP contribution in [0.1, 0.15) is 5.56 Å². The molecule has 0 aliphatic heterocycles. The fourth-order valence-electron chi connectivity index (χ4n) is 2.45. The number of nitrogens with zero attached hydrogens (tertiary/aromatic N) is 2. The summed E-state index contributed by atoms with van der Waals surface area (Å²) in [5.74, 6) is 0. The van der Waals surface area contributed by atoms with E-state index in [1.54, 1.807) is 13.1 Å². The van der Waals surface area contributed by atoms with Crippen LogP contribution in [0.15, 0.2) is 52.1 Å². The van der Waals surface area contributed by atoms with E-state index in [2.05, 4.69) is 0 Å². The minimum Gasteiger partial charge on any atom is -0.296 e. The number of halogens is 2. The summed E-state index contributed by atoms with van der Waals surface area (Å²) >= 11 is 12.1. The lowest BCUT2D eigenvalue weighted by molar-refractivity contribution is 0.660. The Labute approximate surface area is 136 Å². The van der Waals surface area contributed by atoms with Crippen LogP contribution in [0.25, 0.3) is 10.9 Å². The van der Waals surface area contributed by atoms with Gasteiger partial charge in [0.2, 0.25) is 0 Å². The third-order valence-corrected chi connectivity index (χ3v) is 4.07. The van der Waals surface area contributed by atoms with Crippen LogP contribution in [0.5, 0.6) is 0 Å². The second kappa shape index (κ2) is 5.63. The van der Waals surface area contributed by atoms with Gasteiger partial charge in [0.1, 0.15) is 0 Å². The van der Waals surface area contributed by atoms with Gasteiger partial charge in [0.05, 0.1) is 22.5 Å².